The third kappa shape index (κ3) is 4.60. The van der Waals surface area contributed by atoms with Crippen molar-refractivity contribution >= 4 is 44.8 Å². The van der Waals surface area contributed by atoms with Crippen molar-refractivity contribution in [1.82, 2.24) is 9.21 Å². The molecule has 0 radical (unpaired) electrons. The van der Waals surface area contributed by atoms with Crippen molar-refractivity contribution in [1.29, 1.82) is 0 Å². The minimum absolute atomic E-state index is 0.0288. The Hall–Kier alpha value is -0.820. The Morgan fingerprint density at radius 2 is 1.69 bits per heavy atom. The molecule has 0 spiro atoms. The molecular weight excluding hydrogens is 451 g/mol. The van der Waals surface area contributed by atoms with E-state index < -0.39 is 10.0 Å². The number of benzene rings is 2. The molecule has 0 bridgehead atoms. The second-order valence-corrected chi connectivity index (χ2v) is 10.9. The fourth-order valence-electron chi connectivity index (χ4n) is 4.31. The molecule has 1 saturated heterocycles. The predicted molar refractivity (Wildman–Crippen MR) is 118 cm³/mol. The smallest absolute Gasteiger partial charge is 0.244 e. The van der Waals surface area contributed by atoms with E-state index in [4.69, 9.17) is 34.8 Å². The van der Waals surface area contributed by atoms with Gasteiger partial charge in [-0.05, 0) is 48.4 Å². The van der Waals surface area contributed by atoms with Crippen LogP contribution in [0.1, 0.15) is 24.0 Å². The zero-order valence-electron chi connectivity index (χ0n) is 16.0. The third-order valence-electron chi connectivity index (χ3n) is 5.80. The average molecular weight is 474 g/mol. The second-order valence-electron chi connectivity index (χ2n) is 7.82. The molecule has 156 valence electrons. The lowest BCUT2D eigenvalue weighted by Crippen LogP contribution is -2.44. The molecule has 0 saturated carbocycles. The van der Waals surface area contributed by atoms with Gasteiger partial charge in [-0.15, -0.1) is 0 Å². The van der Waals surface area contributed by atoms with Gasteiger partial charge >= 0.3 is 0 Å². The van der Waals surface area contributed by atoms with Gasteiger partial charge in [0.15, 0.2) is 0 Å². The number of sulfonamides is 1. The number of nitrogens with zero attached hydrogens (tertiary/aromatic N) is 2. The van der Waals surface area contributed by atoms with Crippen LogP contribution >= 0.6 is 34.8 Å². The summed E-state index contributed by atoms with van der Waals surface area (Å²) in [4.78, 5) is 2.47. The van der Waals surface area contributed by atoms with Gasteiger partial charge in [-0.25, -0.2) is 8.42 Å². The van der Waals surface area contributed by atoms with E-state index in [1.54, 1.807) is 4.31 Å². The van der Waals surface area contributed by atoms with Gasteiger partial charge in [0.1, 0.15) is 4.90 Å². The Morgan fingerprint density at radius 1 is 0.966 bits per heavy atom. The van der Waals surface area contributed by atoms with Crippen LogP contribution in [0.15, 0.2) is 41.3 Å². The van der Waals surface area contributed by atoms with Crippen LogP contribution in [0, 0.1) is 5.92 Å². The number of hydrogen-bond acceptors (Lipinski definition) is 3. The predicted octanol–water partition coefficient (Wildman–Crippen LogP) is 5.11. The molecule has 4 nitrogen and oxygen atoms in total. The first-order chi connectivity index (χ1) is 13.8. The number of hydrogen-bond donors (Lipinski definition) is 0. The number of halogens is 3. The summed E-state index contributed by atoms with van der Waals surface area (Å²) in [6, 6.07) is 11.3. The standard InChI is InChI=1S/C21H23Cl3N2O2S/c22-18-10-20(24)21(11-19(18)23)29(27,28)26-8-3-4-15(13-26)12-25-9-7-16-5-1-2-6-17(16)14-25/h1-2,5-6,10-11,15H,3-4,7-9,12-14H2. The topological polar surface area (TPSA) is 40.6 Å². The first-order valence-corrected chi connectivity index (χ1v) is 12.4. The van der Waals surface area contributed by atoms with E-state index in [2.05, 4.69) is 29.2 Å². The van der Waals surface area contributed by atoms with E-state index in [9.17, 15) is 8.42 Å². The molecule has 29 heavy (non-hydrogen) atoms. The van der Waals surface area contributed by atoms with Gasteiger partial charge in [-0.1, -0.05) is 59.1 Å². The maximum absolute atomic E-state index is 13.2. The van der Waals surface area contributed by atoms with Crippen LogP contribution in [-0.4, -0.2) is 43.8 Å². The van der Waals surface area contributed by atoms with Crippen molar-refractivity contribution in [2.45, 2.75) is 30.7 Å². The minimum atomic E-state index is -3.71. The van der Waals surface area contributed by atoms with Crippen LogP contribution in [0.2, 0.25) is 15.1 Å². The summed E-state index contributed by atoms with van der Waals surface area (Å²) in [5, 5.41) is 0.543. The summed E-state index contributed by atoms with van der Waals surface area (Å²) in [5.41, 5.74) is 2.80. The second kappa shape index (κ2) is 8.74. The molecule has 2 aromatic carbocycles. The van der Waals surface area contributed by atoms with Crippen LogP contribution < -0.4 is 0 Å². The molecule has 2 aliphatic rings. The van der Waals surface area contributed by atoms with Gasteiger partial charge in [0.25, 0.3) is 0 Å². The highest BCUT2D eigenvalue weighted by molar-refractivity contribution is 7.89. The van der Waals surface area contributed by atoms with Crippen LogP contribution in [0.5, 0.6) is 0 Å². The maximum atomic E-state index is 13.2. The molecule has 2 aliphatic heterocycles. The van der Waals surface area contributed by atoms with Crippen molar-refractivity contribution in [3.63, 3.8) is 0 Å². The molecule has 0 N–H and O–H groups in total. The van der Waals surface area contributed by atoms with Gasteiger partial charge < -0.3 is 0 Å². The Labute approximate surface area is 187 Å². The fourth-order valence-corrected chi connectivity index (χ4v) is 6.84. The largest absolute Gasteiger partial charge is 0.298 e. The van der Waals surface area contributed by atoms with E-state index in [0.29, 0.717) is 19.0 Å². The lowest BCUT2D eigenvalue weighted by Gasteiger charge is -2.36. The number of piperidine rings is 1. The van der Waals surface area contributed by atoms with E-state index in [-0.39, 0.29) is 20.0 Å². The quantitative estimate of drug-likeness (QED) is 0.580. The summed E-state index contributed by atoms with van der Waals surface area (Å²) in [5.74, 6) is 0.297. The van der Waals surface area contributed by atoms with Gasteiger partial charge in [0, 0.05) is 32.7 Å². The molecule has 8 heteroatoms. The van der Waals surface area contributed by atoms with Gasteiger partial charge in [-0.2, -0.15) is 4.31 Å². The lowest BCUT2D eigenvalue weighted by molar-refractivity contribution is 0.167. The molecule has 4 rings (SSSR count). The zero-order chi connectivity index (χ0) is 20.6. The van der Waals surface area contributed by atoms with Gasteiger partial charge in [-0.3, -0.25) is 4.90 Å². The highest BCUT2D eigenvalue weighted by Gasteiger charge is 2.33. The lowest BCUT2D eigenvalue weighted by atomic mass is 9.95. The summed E-state index contributed by atoms with van der Waals surface area (Å²) < 4.78 is 27.9. The molecule has 1 fully saturated rings. The monoisotopic (exact) mass is 472 g/mol. The molecule has 1 atom stereocenters. The summed E-state index contributed by atoms with van der Waals surface area (Å²) in [6.45, 7) is 3.84. The van der Waals surface area contributed by atoms with Gasteiger partial charge in [0.2, 0.25) is 10.0 Å². The first-order valence-electron chi connectivity index (χ1n) is 9.78. The molecule has 0 amide bonds. The normalized spacial score (nSPS) is 21.1. The highest BCUT2D eigenvalue weighted by Crippen LogP contribution is 2.34. The maximum Gasteiger partial charge on any atom is 0.244 e. The van der Waals surface area contributed by atoms with E-state index in [1.807, 2.05) is 0 Å². The zero-order valence-corrected chi connectivity index (χ0v) is 19.0. The Kier molecular flexibility index (Phi) is 6.45. The summed E-state index contributed by atoms with van der Waals surface area (Å²) >= 11 is 18.2. The van der Waals surface area contributed by atoms with Crippen LogP contribution in [0.4, 0.5) is 0 Å². The first kappa shape index (κ1) is 21.4. The molecular formula is C21H23Cl3N2O2S. The molecule has 2 aromatic rings. The summed E-state index contributed by atoms with van der Waals surface area (Å²) in [7, 11) is -3.71. The number of fused-ring (bicyclic) bond motifs is 1. The van der Waals surface area contributed by atoms with E-state index in [1.165, 1.54) is 23.3 Å². The van der Waals surface area contributed by atoms with Gasteiger partial charge in [0.05, 0.1) is 15.1 Å². The van der Waals surface area contributed by atoms with Crippen molar-refractivity contribution in [3.8, 4) is 0 Å². The van der Waals surface area contributed by atoms with Crippen LogP contribution in [0.3, 0.4) is 0 Å². The molecule has 1 unspecified atom stereocenters. The Morgan fingerprint density at radius 3 is 2.48 bits per heavy atom. The molecule has 0 aliphatic carbocycles. The Balaban J connectivity index is 1.47. The fraction of sp³-hybridized carbons (Fsp3) is 0.429. The van der Waals surface area contributed by atoms with E-state index in [0.717, 1.165) is 38.9 Å². The van der Waals surface area contributed by atoms with Crippen molar-refractivity contribution in [3.05, 3.63) is 62.6 Å². The molecule has 2 heterocycles. The Bertz CT molecular complexity index is 1010. The van der Waals surface area contributed by atoms with Crippen molar-refractivity contribution < 1.29 is 8.42 Å². The minimum Gasteiger partial charge on any atom is -0.298 e. The van der Waals surface area contributed by atoms with Crippen molar-refractivity contribution in [2.24, 2.45) is 5.92 Å². The van der Waals surface area contributed by atoms with E-state index >= 15 is 0 Å². The summed E-state index contributed by atoms with van der Waals surface area (Å²) in [6.07, 6.45) is 2.91. The highest BCUT2D eigenvalue weighted by atomic mass is 35.5. The van der Waals surface area contributed by atoms with Crippen LogP contribution in [-0.2, 0) is 23.0 Å². The van der Waals surface area contributed by atoms with Crippen molar-refractivity contribution in [2.75, 3.05) is 26.2 Å². The third-order valence-corrected chi connectivity index (χ3v) is 8.85. The van der Waals surface area contributed by atoms with Crippen LogP contribution in [0.25, 0.3) is 0 Å². The average Bonchev–Trinajstić information content (AvgIpc) is 2.71. The SMILES string of the molecule is O=S(=O)(c1cc(Cl)c(Cl)cc1Cl)N1CCCC(CN2CCc3ccccc3C2)C1. The number of rotatable bonds is 4. The molecule has 0 aromatic heterocycles.